The van der Waals surface area contributed by atoms with Crippen molar-refractivity contribution in [1.29, 1.82) is 0 Å². The number of ether oxygens (including phenoxy) is 1. The van der Waals surface area contributed by atoms with Gasteiger partial charge in [0, 0.05) is 10.6 Å². The molecule has 0 fully saturated rings. The van der Waals surface area contributed by atoms with Crippen molar-refractivity contribution in [3.63, 3.8) is 0 Å². The van der Waals surface area contributed by atoms with Gasteiger partial charge in [-0.3, -0.25) is 4.79 Å². The molecule has 0 aromatic heterocycles. The van der Waals surface area contributed by atoms with E-state index in [1.807, 2.05) is 20.8 Å². The van der Waals surface area contributed by atoms with Gasteiger partial charge in [0.15, 0.2) is 5.78 Å². The second kappa shape index (κ2) is 5.65. The monoisotopic (exact) mass is 254 g/mol. The number of halogens is 1. The quantitative estimate of drug-likeness (QED) is 0.739. The van der Waals surface area contributed by atoms with E-state index in [0.717, 1.165) is 6.42 Å². The molecule has 0 spiro atoms. The van der Waals surface area contributed by atoms with Crippen LogP contribution in [0.4, 0.5) is 0 Å². The smallest absolute Gasteiger partial charge is 0.191 e. The summed E-state index contributed by atoms with van der Waals surface area (Å²) in [6.07, 6.45) is 0.406. The second-order valence-corrected chi connectivity index (χ2v) is 5.18. The molecule has 1 atom stereocenters. The first-order valence-corrected chi connectivity index (χ1v) is 6.21. The van der Waals surface area contributed by atoms with Crippen molar-refractivity contribution in [2.45, 2.75) is 45.8 Å². The number of carbonyl (C=O) groups is 1. The predicted octanol–water partition coefficient (Wildman–Crippen LogP) is 4.12. The minimum absolute atomic E-state index is 0.0333. The largest absolute Gasteiger partial charge is 0.364 e. The Hall–Kier alpha value is -0.860. The van der Waals surface area contributed by atoms with Gasteiger partial charge in [0.1, 0.15) is 6.10 Å². The Morgan fingerprint density at radius 3 is 2.65 bits per heavy atom. The van der Waals surface area contributed by atoms with E-state index in [4.69, 9.17) is 16.3 Å². The van der Waals surface area contributed by atoms with Crippen LogP contribution in [-0.2, 0) is 4.74 Å². The molecule has 0 saturated heterocycles. The lowest BCUT2D eigenvalue weighted by molar-refractivity contribution is -0.0517. The zero-order valence-electron chi connectivity index (χ0n) is 10.8. The summed E-state index contributed by atoms with van der Waals surface area (Å²) in [5, 5.41) is 0.567. The van der Waals surface area contributed by atoms with Crippen LogP contribution in [0.3, 0.4) is 0 Å². The molecule has 3 heteroatoms. The van der Waals surface area contributed by atoms with Gasteiger partial charge in [-0.15, -0.1) is 0 Å². The van der Waals surface area contributed by atoms with Crippen molar-refractivity contribution in [3.05, 3.63) is 34.9 Å². The van der Waals surface area contributed by atoms with Gasteiger partial charge in [0.25, 0.3) is 0 Å². The summed E-state index contributed by atoms with van der Waals surface area (Å²) in [5.74, 6) is -0.0333. The Bertz CT molecular complexity index is 399. The summed E-state index contributed by atoms with van der Waals surface area (Å²) in [5.41, 5.74) is 0.310. The molecule has 0 aliphatic rings. The lowest BCUT2D eigenvalue weighted by atomic mass is 10.0. The van der Waals surface area contributed by atoms with Gasteiger partial charge in [-0.2, -0.15) is 0 Å². The molecular weight excluding hydrogens is 236 g/mol. The fraction of sp³-hybridized carbons (Fsp3) is 0.500. The Balaban J connectivity index is 2.77. The van der Waals surface area contributed by atoms with Crippen LogP contribution in [0.1, 0.15) is 44.5 Å². The molecular formula is C14H19ClO2. The number of rotatable bonds is 5. The maximum atomic E-state index is 12.1. The molecule has 1 aromatic carbocycles. The molecule has 1 aromatic rings. The maximum Gasteiger partial charge on any atom is 0.191 e. The molecule has 17 heavy (non-hydrogen) atoms. The van der Waals surface area contributed by atoms with Crippen LogP contribution < -0.4 is 0 Å². The minimum Gasteiger partial charge on any atom is -0.364 e. The van der Waals surface area contributed by atoms with Crippen LogP contribution in [0.2, 0.25) is 5.02 Å². The van der Waals surface area contributed by atoms with Crippen molar-refractivity contribution >= 4 is 17.4 Å². The number of hydrogen-bond donors (Lipinski definition) is 0. The van der Waals surface area contributed by atoms with Gasteiger partial charge in [0.05, 0.1) is 5.60 Å². The van der Waals surface area contributed by atoms with E-state index < -0.39 is 6.10 Å². The maximum absolute atomic E-state index is 12.1. The third kappa shape index (κ3) is 4.14. The van der Waals surface area contributed by atoms with Crippen molar-refractivity contribution < 1.29 is 9.53 Å². The summed E-state index contributed by atoms with van der Waals surface area (Å²) in [4.78, 5) is 12.1. The lowest BCUT2D eigenvalue weighted by Gasteiger charge is -2.27. The molecule has 0 N–H and O–H groups in total. The van der Waals surface area contributed by atoms with Crippen molar-refractivity contribution in [2.75, 3.05) is 0 Å². The van der Waals surface area contributed by atoms with E-state index in [-0.39, 0.29) is 11.4 Å². The summed E-state index contributed by atoms with van der Waals surface area (Å²) >= 11 is 5.86. The third-order valence-corrected chi connectivity index (χ3v) is 3.06. The summed E-state index contributed by atoms with van der Waals surface area (Å²) in [7, 11) is 0. The average molecular weight is 255 g/mol. The molecule has 94 valence electrons. The first-order valence-electron chi connectivity index (χ1n) is 5.83. The van der Waals surface area contributed by atoms with Crippen molar-refractivity contribution in [3.8, 4) is 0 Å². The normalized spacial score (nSPS) is 13.5. The molecule has 2 nitrogen and oxygen atoms in total. The number of Topliss-reactive ketones (excluding diaryl/α,β-unsaturated/α-hetero) is 1. The van der Waals surface area contributed by atoms with E-state index in [1.165, 1.54) is 0 Å². The highest BCUT2D eigenvalue weighted by atomic mass is 35.5. The molecule has 0 bridgehead atoms. The van der Waals surface area contributed by atoms with Gasteiger partial charge in [-0.05, 0) is 39.3 Å². The molecule has 0 amide bonds. The summed E-state index contributed by atoms with van der Waals surface area (Å²) in [6.45, 7) is 7.78. The van der Waals surface area contributed by atoms with Crippen LogP contribution in [0.25, 0.3) is 0 Å². The van der Waals surface area contributed by atoms with Gasteiger partial charge in [0.2, 0.25) is 0 Å². The number of benzene rings is 1. The van der Waals surface area contributed by atoms with Crippen molar-refractivity contribution in [1.82, 2.24) is 0 Å². The van der Waals surface area contributed by atoms with E-state index in [2.05, 4.69) is 0 Å². The summed E-state index contributed by atoms with van der Waals surface area (Å²) in [6, 6.07) is 6.95. The summed E-state index contributed by atoms with van der Waals surface area (Å²) < 4.78 is 5.75. The molecule has 1 unspecified atom stereocenters. The molecule has 0 saturated carbocycles. The Kier molecular flexibility index (Phi) is 4.72. The highest BCUT2D eigenvalue weighted by molar-refractivity contribution is 6.31. The van der Waals surface area contributed by atoms with Crippen LogP contribution in [0.5, 0.6) is 0 Å². The Morgan fingerprint density at radius 2 is 2.12 bits per heavy atom. The molecule has 0 aliphatic carbocycles. The highest BCUT2D eigenvalue weighted by Crippen LogP contribution is 2.19. The number of hydrogen-bond acceptors (Lipinski definition) is 2. The van der Waals surface area contributed by atoms with Gasteiger partial charge in [-0.1, -0.05) is 30.7 Å². The number of ketones is 1. The fourth-order valence-electron chi connectivity index (χ4n) is 1.49. The van der Waals surface area contributed by atoms with Crippen LogP contribution in [0, 0.1) is 0 Å². The highest BCUT2D eigenvalue weighted by Gasteiger charge is 2.24. The third-order valence-electron chi connectivity index (χ3n) is 2.83. The first-order chi connectivity index (χ1) is 7.85. The Labute approximate surface area is 108 Å². The minimum atomic E-state index is -0.455. The van der Waals surface area contributed by atoms with Crippen LogP contribution >= 0.6 is 11.6 Å². The van der Waals surface area contributed by atoms with E-state index in [9.17, 15) is 4.79 Å². The standard InChI is InChI=1S/C14H19ClO2/c1-5-14(3,4)17-10(2)13(16)11-7-6-8-12(15)9-11/h6-10H,5H2,1-4H3. The zero-order valence-corrected chi connectivity index (χ0v) is 11.5. The van der Waals surface area contributed by atoms with Gasteiger partial charge in [-0.25, -0.2) is 0 Å². The second-order valence-electron chi connectivity index (χ2n) is 4.75. The van der Waals surface area contributed by atoms with E-state index >= 15 is 0 Å². The van der Waals surface area contributed by atoms with Crippen molar-refractivity contribution in [2.24, 2.45) is 0 Å². The predicted molar refractivity (Wildman–Crippen MR) is 70.7 cm³/mol. The SMILES string of the molecule is CCC(C)(C)OC(C)C(=O)c1cccc(Cl)c1. The van der Waals surface area contributed by atoms with Gasteiger partial charge >= 0.3 is 0 Å². The Morgan fingerprint density at radius 1 is 1.47 bits per heavy atom. The van der Waals surface area contributed by atoms with Crippen LogP contribution in [-0.4, -0.2) is 17.5 Å². The van der Waals surface area contributed by atoms with E-state index in [0.29, 0.717) is 10.6 Å². The zero-order chi connectivity index (χ0) is 13.1. The number of carbonyl (C=O) groups excluding carboxylic acids is 1. The first kappa shape index (κ1) is 14.2. The lowest BCUT2D eigenvalue weighted by Crippen LogP contribution is -2.33. The average Bonchev–Trinajstić information content (AvgIpc) is 2.27. The van der Waals surface area contributed by atoms with Gasteiger partial charge < -0.3 is 4.74 Å². The van der Waals surface area contributed by atoms with E-state index in [1.54, 1.807) is 31.2 Å². The fourth-order valence-corrected chi connectivity index (χ4v) is 1.68. The molecule has 0 radical (unpaired) electrons. The molecule has 1 rings (SSSR count). The molecule has 0 aliphatic heterocycles. The van der Waals surface area contributed by atoms with Crippen LogP contribution in [0.15, 0.2) is 24.3 Å². The topological polar surface area (TPSA) is 26.3 Å². The molecule has 0 heterocycles.